The second kappa shape index (κ2) is 4.57. The van der Waals surface area contributed by atoms with Crippen molar-refractivity contribution in [1.82, 2.24) is 4.98 Å². The second-order valence-corrected chi connectivity index (χ2v) is 3.93. The number of rotatable bonds is 2. The molecule has 2 nitrogen and oxygen atoms in total. The normalized spacial score (nSPS) is 10.2. The molecule has 0 radical (unpaired) electrons. The number of pyridine rings is 1. The van der Waals surface area contributed by atoms with Crippen molar-refractivity contribution in [3.05, 3.63) is 52.8 Å². The van der Waals surface area contributed by atoms with Gasteiger partial charge in [-0.25, -0.2) is 8.78 Å². The first-order valence-corrected chi connectivity index (χ1v) is 5.18. The zero-order valence-electron chi connectivity index (χ0n) is 7.95. The summed E-state index contributed by atoms with van der Waals surface area (Å²) < 4.78 is 31.8. The smallest absolute Gasteiger partial charge is 0.168 e. The third kappa shape index (κ3) is 2.55. The standard InChI is InChI=1S/C11H6BrF2NO/c12-7-3-9(6-15-5-7)16-11-2-1-8(13)4-10(11)14/h1-6H. The fraction of sp³-hybridized carbons (Fsp3) is 0. The molecular weight excluding hydrogens is 280 g/mol. The Morgan fingerprint density at radius 1 is 1.12 bits per heavy atom. The summed E-state index contributed by atoms with van der Waals surface area (Å²) in [4.78, 5) is 3.86. The van der Waals surface area contributed by atoms with E-state index in [0.29, 0.717) is 10.2 Å². The quantitative estimate of drug-likeness (QED) is 0.835. The summed E-state index contributed by atoms with van der Waals surface area (Å²) in [7, 11) is 0. The second-order valence-electron chi connectivity index (χ2n) is 3.02. The SMILES string of the molecule is Fc1ccc(Oc2cncc(Br)c2)c(F)c1. The van der Waals surface area contributed by atoms with E-state index in [1.165, 1.54) is 12.3 Å². The van der Waals surface area contributed by atoms with Crippen LogP contribution in [-0.4, -0.2) is 4.98 Å². The van der Waals surface area contributed by atoms with Crippen molar-refractivity contribution >= 4 is 15.9 Å². The van der Waals surface area contributed by atoms with E-state index in [0.717, 1.165) is 12.1 Å². The summed E-state index contributed by atoms with van der Waals surface area (Å²) in [5.74, 6) is -1.06. The van der Waals surface area contributed by atoms with Crippen LogP contribution in [0.3, 0.4) is 0 Å². The van der Waals surface area contributed by atoms with Crippen LogP contribution in [0.4, 0.5) is 8.78 Å². The van der Waals surface area contributed by atoms with E-state index in [-0.39, 0.29) is 5.75 Å². The molecule has 0 atom stereocenters. The summed E-state index contributed by atoms with van der Waals surface area (Å²) >= 11 is 3.21. The van der Waals surface area contributed by atoms with Gasteiger partial charge in [0, 0.05) is 16.7 Å². The van der Waals surface area contributed by atoms with Crippen LogP contribution in [-0.2, 0) is 0 Å². The van der Waals surface area contributed by atoms with Crippen molar-refractivity contribution < 1.29 is 13.5 Å². The average Bonchev–Trinajstić information content (AvgIpc) is 2.22. The number of hydrogen-bond acceptors (Lipinski definition) is 2. The molecule has 2 aromatic rings. The largest absolute Gasteiger partial charge is 0.453 e. The van der Waals surface area contributed by atoms with Gasteiger partial charge in [-0.2, -0.15) is 0 Å². The number of hydrogen-bond donors (Lipinski definition) is 0. The number of benzene rings is 1. The molecule has 16 heavy (non-hydrogen) atoms. The minimum Gasteiger partial charge on any atom is -0.453 e. The van der Waals surface area contributed by atoms with Crippen LogP contribution in [0.15, 0.2) is 41.1 Å². The molecule has 0 aliphatic carbocycles. The first-order chi connectivity index (χ1) is 7.65. The summed E-state index contributed by atoms with van der Waals surface area (Å²) in [6.45, 7) is 0. The Kier molecular flexibility index (Phi) is 3.14. The highest BCUT2D eigenvalue weighted by Gasteiger charge is 2.06. The first kappa shape index (κ1) is 11.0. The van der Waals surface area contributed by atoms with E-state index in [2.05, 4.69) is 20.9 Å². The molecule has 1 aromatic carbocycles. The van der Waals surface area contributed by atoms with Crippen molar-refractivity contribution in [3.63, 3.8) is 0 Å². The van der Waals surface area contributed by atoms with Crippen molar-refractivity contribution in [2.45, 2.75) is 0 Å². The van der Waals surface area contributed by atoms with E-state index in [9.17, 15) is 8.78 Å². The maximum absolute atomic E-state index is 13.2. The molecule has 0 unspecified atom stereocenters. The lowest BCUT2D eigenvalue weighted by atomic mass is 10.3. The molecule has 82 valence electrons. The van der Waals surface area contributed by atoms with Crippen LogP contribution in [0.5, 0.6) is 11.5 Å². The Hall–Kier alpha value is -1.49. The van der Waals surface area contributed by atoms with Crippen molar-refractivity contribution in [2.24, 2.45) is 0 Å². The molecule has 0 aliphatic heterocycles. The first-order valence-electron chi connectivity index (χ1n) is 4.38. The van der Waals surface area contributed by atoms with Gasteiger partial charge in [-0.15, -0.1) is 0 Å². The van der Waals surface area contributed by atoms with Gasteiger partial charge in [0.25, 0.3) is 0 Å². The van der Waals surface area contributed by atoms with Crippen molar-refractivity contribution in [1.29, 1.82) is 0 Å². The van der Waals surface area contributed by atoms with E-state index in [1.54, 1.807) is 12.3 Å². The number of nitrogens with zero attached hydrogens (tertiary/aromatic N) is 1. The summed E-state index contributed by atoms with van der Waals surface area (Å²) in [6.07, 6.45) is 3.02. The molecule has 0 bridgehead atoms. The fourth-order valence-electron chi connectivity index (χ4n) is 1.13. The topological polar surface area (TPSA) is 22.1 Å². The van der Waals surface area contributed by atoms with Gasteiger partial charge in [-0.05, 0) is 34.1 Å². The Morgan fingerprint density at radius 2 is 1.94 bits per heavy atom. The van der Waals surface area contributed by atoms with E-state index in [1.807, 2.05) is 0 Å². The molecule has 1 heterocycles. The molecule has 0 aliphatic rings. The highest BCUT2D eigenvalue weighted by atomic mass is 79.9. The average molecular weight is 286 g/mol. The molecular formula is C11H6BrF2NO. The molecule has 2 rings (SSSR count). The third-order valence-corrected chi connectivity index (χ3v) is 2.24. The van der Waals surface area contributed by atoms with Crippen LogP contribution in [0.25, 0.3) is 0 Å². The van der Waals surface area contributed by atoms with Gasteiger partial charge in [-0.3, -0.25) is 4.98 Å². The molecule has 0 amide bonds. The van der Waals surface area contributed by atoms with Crippen LogP contribution in [0.2, 0.25) is 0 Å². The zero-order chi connectivity index (χ0) is 11.5. The number of halogens is 3. The Morgan fingerprint density at radius 3 is 2.62 bits per heavy atom. The maximum Gasteiger partial charge on any atom is 0.168 e. The predicted molar refractivity (Wildman–Crippen MR) is 58.4 cm³/mol. The van der Waals surface area contributed by atoms with Gasteiger partial charge >= 0.3 is 0 Å². The molecule has 0 N–H and O–H groups in total. The predicted octanol–water partition coefficient (Wildman–Crippen LogP) is 3.91. The van der Waals surface area contributed by atoms with Gasteiger partial charge in [-0.1, -0.05) is 0 Å². The molecule has 0 saturated carbocycles. The van der Waals surface area contributed by atoms with Crippen LogP contribution in [0.1, 0.15) is 0 Å². The highest BCUT2D eigenvalue weighted by Crippen LogP contribution is 2.25. The number of aromatic nitrogens is 1. The fourth-order valence-corrected chi connectivity index (χ4v) is 1.48. The Bertz CT molecular complexity index is 519. The lowest BCUT2D eigenvalue weighted by Gasteiger charge is -2.06. The lowest BCUT2D eigenvalue weighted by molar-refractivity contribution is 0.436. The van der Waals surface area contributed by atoms with Gasteiger partial charge < -0.3 is 4.74 Å². The van der Waals surface area contributed by atoms with E-state index in [4.69, 9.17) is 4.74 Å². The van der Waals surface area contributed by atoms with E-state index < -0.39 is 11.6 Å². The van der Waals surface area contributed by atoms with Gasteiger partial charge in [0.05, 0.1) is 6.20 Å². The molecule has 0 spiro atoms. The summed E-state index contributed by atoms with van der Waals surface area (Å²) in [5, 5.41) is 0. The Labute approximate surface area is 99.0 Å². The molecule has 0 saturated heterocycles. The third-order valence-electron chi connectivity index (χ3n) is 1.80. The lowest BCUT2D eigenvalue weighted by Crippen LogP contribution is -1.90. The Balaban J connectivity index is 2.27. The monoisotopic (exact) mass is 285 g/mol. The zero-order valence-corrected chi connectivity index (χ0v) is 9.54. The highest BCUT2D eigenvalue weighted by molar-refractivity contribution is 9.10. The van der Waals surface area contributed by atoms with Crippen molar-refractivity contribution in [2.75, 3.05) is 0 Å². The molecule has 5 heteroatoms. The van der Waals surface area contributed by atoms with Gasteiger partial charge in [0.2, 0.25) is 0 Å². The number of ether oxygens (including phenoxy) is 1. The minimum absolute atomic E-state index is 0.0405. The maximum atomic E-state index is 13.2. The van der Waals surface area contributed by atoms with Crippen molar-refractivity contribution in [3.8, 4) is 11.5 Å². The minimum atomic E-state index is -0.750. The van der Waals surface area contributed by atoms with Crippen LogP contribution >= 0.6 is 15.9 Å². The van der Waals surface area contributed by atoms with Gasteiger partial charge in [0.1, 0.15) is 11.6 Å². The summed E-state index contributed by atoms with van der Waals surface area (Å²) in [5.41, 5.74) is 0. The van der Waals surface area contributed by atoms with Crippen LogP contribution < -0.4 is 4.74 Å². The summed E-state index contributed by atoms with van der Waals surface area (Å²) in [6, 6.07) is 4.76. The van der Waals surface area contributed by atoms with Gasteiger partial charge in [0.15, 0.2) is 11.6 Å². The van der Waals surface area contributed by atoms with Crippen LogP contribution in [0, 0.1) is 11.6 Å². The van der Waals surface area contributed by atoms with E-state index >= 15 is 0 Å². The molecule has 1 aromatic heterocycles. The molecule has 0 fully saturated rings.